The number of rotatable bonds is 12. The van der Waals surface area contributed by atoms with Crippen molar-refractivity contribution in [3.63, 3.8) is 0 Å². The van der Waals surface area contributed by atoms with Crippen molar-refractivity contribution in [2.75, 3.05) is 6.61 Å². The van der Waals surface area contributed by atoms with Gasteiger partial charge in [0.1, 0.15) is 29.2 Å². The second kappa shape index (κ2) is 14.3. The Balaban J connectivity index is 1.55. The Bertz CT molecular complexity index is 1600. The molecule has 0 aliphatic heterocycles. The second-order valence-electron chi connectivity index (χ2n) is 9.42. The van der Waals surface area contributed by atoms with Crippen molar-refractivity contribution in [1.29, 1.82) is 0 Å². The van der Waals surface area contributed by atoms with Gasteiger partial charge in [-0.15, -0.1) is 0 Å². The van der Waals surface area contributed by atoms with Crippen molar-refractivity contribution < 1.29 is 31.5 Å². The quantitative estimate of drug-likeness (QED) is 0.204. The first-order valence-electron chi connectivity index (χ1n) is 12.9. The van der Waals surface area contributed by atoms with Crippen molar-refractivity contribution in [3.8, 4) is 0 Å². The third-order valence-corrected chi connectivity index (χ3v) is 8.70. The van der Waals surface area contributed by atoms with Crippen LogP contribution in [0.3, 0.4) is 0 Å². The molecule has 0 radical (unpaired) electrons. The minimum Gasteiger partial charge on any atom is -0.462 e. The number of ether oxygens (including phenoxy) is 1. The molecular formula is C31H27BrF2N2O5S. The number of hydrogen-bond acceptors (Lipinski definition) is 5. The van der Waals surface area contributed by atoms with Crippen molar-refractivity contribution in [2.45, 2.75) is 29.8 Å². The molecule has 0 fully saturated rings. The molecule has 2 N–H and O–H groups in total. The number of carbonyl (C=O) groups excluding carboxylic acids is 2. The van der Waals surface area contributed by atoms with Gasteiger partial charge in [-0.25, -0.2) is 26.7 Å². The van der Waals surface area contributed by atoms with E-state index in [2.05, 4.69) is 26.0 Å². The predicted octanol–water partition coefficient (Wildman–Crippen LogP) is 5.20. The molecule has 0 spiro atoms. The zero-order chi connectivity index (χ0) is 30.1. The van der Waals surface area contributed by atoms with Crippen LogP contribution in [0.5, 0.6) is 0 Å². The number of carbonyl (C=O) groups is 2. The van der Waals surface area contributed by atoms with Gasteiger partial charge in [0.2, 0.25) is 10.0 Å². The number of halogens is 3. The maximum absolute atomic E-state index is 14.6. The highest BCUT2D eigenvalue weighted by Crippen LogP contribution is 2.26. The van der Waals surface area contributed by atoms with Crippen LogP contribution in [0.15, 0.2) is 112 Å². The molecule has 4 rings (SSSR count). The largest absolute Gasteiger partial charge is 0.462 e. The van der Waals surface area contributed by atoms with Crippen LogP contribution >= 0.6 is 15.9 Å². The SMILES string of the molecule is O=C(N[C@H](Cc1ccccc1)C(=O)OC[C@H](Cc1ccccc1)NS(=O)(=O)c1c(F)cc(F)cc1Br)c1ccccc1. The van der Waals surface area contributed by atoms with Gasteiger partial charge in [-0.3, -0.25) is 4.79 Å². The van der Waals surface area contributed by atoms with Crippen molar-refractivity contribution >= 4 is 37.8 Å². The highest BCUT2D eigenvalue weighted by molar-refractivity contribution is 9.10. The smallest absolute Gasteiger partial charge is 0.329 e. The molecule has 11 heteroatoms. The summed E-state index contributed by atoms with van der Waals surface area (Å²) in [5.74, 6) is -3.49. The summed E-state index contributed by atoms with van der Waals surface area (Å²) < 4.78 is 62.2. The molecule has 218 valence electrons. The molecule has 7 nitrogen and oxygen atoms in total. The third-order valence-electron chi connectivity index (χ3n) is 6.21. The van der Waals surface area contributed by atoms with Gasteiger partial charge in [-0.1, -0.05) is 78.9 Å². The highest BCUT2D eigenvalue weighted by atomic mass is 79.9. The van der Waals surface area contributed by atoms with Crippen LogP contribution in [0.1, 0.15) is 21.5 Å². The van der Waals surface area contributed by atoms with Gasteiger partial charge in [0.15, 0.2) is 0 Å². The predicted molar refractivity (Wildman–Crippen MR) is 157 cm³/mol. The number of benzene rings is 4. The lowest BCUT2D eigenvalue weighted by Gasteiger charge is -2.22. The lowest BCUT2D eigenvalue weighted by atomic mass is 10.1. The number of hydrogen-bond donors (Lipinski definition) is 2. The normalized spacial score (nSPS) is 12.7. The summed E-state index contributed by atoms with van der Waals surface area (Å²) >= 11 is 2.92. The van der Waals surface area contributed by atoms with E-state index in [0.717, 1.165) is 17.2 Å². The van der Waals surface area contributed by atoms with E-state index < -0.39 is 57.1 Å². The molecule has 4 aromatic carbocycles. The first-order valence-corrected chi connectivity index (χ1v) is 15.2. The Morgan fingerprint density at radius 1 is 0.810 bits per heavy atom. The van der Waals surface area contributed by atoms with E-state index in [1.165, 1.54) is 0 Å². The Morgan fingerprint density at radius 3 is 1.93 bits per heavy atom. The van der Waals surface area contributed by atoms with E-state index in [9.17, 15) is 26.8 Å². The summed E-state index contributed by atoms with van der Waals surface area (Å²) in [6.07, 6.45) is 0.217. The lowest BCUT2D eigenvalue weighted by Crippen LogP contribution is -2.46. The van der Waals surface area contributed by atoms with E-state index in [1.807, 2.05) is 6.07 Å². The van der Waals surface area contributed by atoms with E-state index in [0.29, 0.717) is 11.6 Å². The van der Waals surface area contributed by atoms with Gasteiger partial charge in [-0.2, -0.15) is 0 Å². The average molecular weight is 658 g/mol. The third kappa shape index (κ3) is 8.54. The van der Waals surface area contributed by atoms with Crippen LogP contribution < -0.4 is 10.0 Å². The van der Waals surface area contributed by atoms with Gasteiger partial charge in [0.25, 0.3) is 5.91 Å². The summed E-state index contributed by atoms with van der Waals surface area (Å²) in [7, 11) is -4.53. The topological polar surface area (TPSA) is 102 Å². The molecule has 0 aromatic heterocycles. The van der Waals surface area contributed by atoms with Gasteiger partial charge in [0, 0.05) is 22.5 Å². The number of esters is 1. The molecule has 0 saturated carbocycles. The highest BCUT2D eigenvalue weighted by Gasteiger charge is 2.29. The van der Waals surface area contributed by atoms with Crippen molar-refractivity contribution in [3.05, 3.63) is 136 Å². The van der Waals surface area contributed by atoms with Gasteiger partial charge in [-0.05, 0) is 51.7 Å². The summed E-state index contributed by atoms with van der Waals surface area (Å²) in [5.41, 5.74) is 1.84. The maximum atomic E-state index is 14.6. The summed E-state index contributed by atoms with van der Waals surface area (Å²) in [6, 6.07) is 25.4. The van der Waals surface area contributed by atoms with E-state index >= 15 is 0 Å². The molecule has 0 heterocycles. The number of sulfonamides is 1. The molecule has 4 aromatic rings. The van der Waals surface area contributed by atoms with Crippen LogP contribution in [-0.2, 0) is 32.4 Å². The molecule has 0 aliphatic rings. The van der Waals surface area contributed by atoms with E-state index in [4.69, 9.17) is 4.74 Å². The molecule has 0 bridgehead atoms. The second-order valence-corrected chi connectivity index (χ2v) is 11.9. The Labute approximate surface area is 251 Å². The van der Waals surface area contributed by atoms with E-state index in [-0.39, 0.29) is 17.3 Å². The molecule has 1 amide bonds. The zero-order valence-electron chi connectivity index (χ0n) is 22.2. The summed E-state index contributed by atoms with van der Waals surface area (Å²) in [5, 5.41) is 2.71. The Morgan fingerprint density at radius 2 is 1.36 bits per heavy atom. The van der Waals surface area contributed by atoms with Gasteiger partial charge >= 0.3 is 5.97 Å². The van der Waals surface area contributed by atoms with Crippen molar-refractivity contribution in [2.24, 2.45) is 0 Å². The van der Waals surface area contributed by atoms with Gasteiger partial charge in [0.05, 0.1) is 6.04 Å². The lowest BCUT2D eigenvalue weighted by molar-refractivity contribution is -0.146. The van der Waals surface area contributed by atoms with Crippen LogP contribution in [-0.4, -0.2) is 39.0 Å². The van der Waals surface area contributed by atoms with Crippen LogP contribution in [0.25, 0.3) is 0 Å². The average Bonchev–Trinajstić information content (AvgIpc) is 2.96. The van der Waals surface area contributed by atoms with Crippen LogP contribution in [0.4, 0.5) is 8.78 Å². The Hall–Kier alpha value is -3.93. The first-order chi connectivity index (χ1) is 20.1. The van der Waals surface area contributed by atoms with E-state index in [1.54, 1.807) is 84.9 Å². The first kappa shape index (κ1) is 31.0. The standard InChI is InChI=1S/C31H27BrF2N2O5S/c32-26-18-24(33)19-27(34)29(26)42(39,40)36-25(16-21-10-4-1-5-11-21)20-41-31(38)28(17-22-12-6-2-7-13-22)35-30(37)23-14-8-3-9-15-23/h1-15,18-19,25,28,36H,16-17,20H2,(H,35,37)/t25-,28+/m0/s1. The van der Waals surface area contributed by atoms with Crippen LogP contribution in [0, 0.1) is 11.6 Å². The fourth-order valence-electron chi connectivity index (χ4n) is 4.25. The number of amides is 1. The zero-order valence-corrected chi connectivity index (χ0v) is 24.6. The van der Waals surface area contributed by atoms with Crippen LogP contribution in [0.2, 0.25) is 0 Å². The fraction of sp³-hybridized carbons (Fsp3) is 0.161. The number of nitrogens with one attached hydrogen (secondary N) is 2. The molecule has 0 saturated heterocycles. The monoisotopic (exact) mass is 656 g/mol. The van der Waals surface area contributed by atoms with Gasteiger partial charge < -0.3 is 10.1 Å². The fourth-order valence-corrected chi connectivity index (χ4v) is 6.64. The molecular weight excluding hydrogens is 630 g/mol. The minimum absolute atomic E-state index is 0.0908. The molecule has 0 aliphatic carbocycles. The van der Waals surface area contributed by atoms with Crippen molar-refractivity contribution in [1.82, 2.24) is 10.0 Å². The minimum atomic E-state index is -4.53. The summed E-state index contributed by atoms with van der Waals surface area (Å²) in [6.45, 7) is -0.431. The molecule has 2 atom stereocenters. The molecule has 0 unspecified atom stereocenters. The maximum Gasteiger partial charge on any atom is 0.329 e. The Kier molecular flexibility index (Phi) is 10.6. The molecule has 42 heavy (non-hydrogen) atoms. The summed E-state index contributed by atoms with van der Waals surface area (Å²) in [4.78, 5) is 25.4.